The molecule has 0 atom stereocenters. The van der Waals surface area contributed by atoms with Crippen LogP contribution in [0.15, 0.2) is 71.3 Å². The fraction of sp³-hybridized carbons (Fsp3) is 0.273. The van der Waals surface area contributed by atoms with Crippen LogP contribution in [0, 0.1) is 0 Å². The van der Waals surface area contributed by atoms with Gasteiger partial charge in [-0.2, -0.15) is 0 Å². The second-order valence-electron chi connectivity index (χ2n) is 6.32. The Morgan fingerprint density at radius 1 is 0.962 bits per heavy atom. The summed E-state index contributed by atoms with van der Waals surface area (Å²) < 4.78 is 17.1. The molecule has 136 valence electrons. The summed E-state index contributed by atoms with van der Waals surface area (Å²) in [7, 11) is 0. The maximum atomic E-state index is 5.86. The van der Waals surface area contributed by atoms with E-state index in [0.29, 0.717) is 6.61 Å². The molecule has 4 nitrogen and oxygen atoms in total. The zero-order valence-electron chi connectivity index (χ0n) is 15.3. The molecule has 0 aliphatic rings. The molecule has 0 saturated carbocycles. The van der Waals surface area contributed by atoms with Crippen LogP contribution in [0.2, 0.25) is 0 Å². The smallest absolute Gasteiger partial charge is 0.161 e. The topological polar surface area (TPSA) is 43.6 Å². The third-order valence-corrected chi connectivity index (χ3v) is 3.81. The molecule has 0 aliphatic carbocycles. The number of nitrogens with one attached hydrogen (secondary N) is 1. The van der Waals surface area contributed by atoms with Crippen molar-refractivity contribution in [1.29, 1.82) is 0 Å². The molecule has 0 unspecified atom stereocenters. The van der Waals surface area contributed by atoms with Crippen molar-refractivity contribution >= 4 is 0 Å². The van der Waals surface area contributed by atoms with Gasteiger partial charge in [-0.3, -0.25) is 0 Å². The van der Waals surface area contributed by atoms with Crippen molar-refractivity contribution in [3.8, 4) is 22.8 Å². The summed E-state index contributed by atoms with van der Waals surface area (Å²) >= 11 is 0. The second-order valence-corrected chi connectivity index (χ2v) is 6.32. The average Bonchev–Trinajstić information content (AvgIpc) is 3.17. The lowest BCUT2D eigenvalue weighted by atomic mass is 10.1. The summed E-state index contributed by atoms with van der Waals surface area (Å²) in [6, 6.07) is 20.0. The van der Waals surface area contributed by atoms with Crippen molar-refractivity contribution in [3.05, 3.63) is 72.5 Å². The largest absolute Gasteiger partial charge is 0.488 e. The minimum atomic E-state index is 0.124. The Bertz CT molecular complexity index is 797. The van der Waals surface area contributed by atoms with Crippen LogP contribution in [-0.4, -0.2) is 19.3 Å². The van der Waals surface area contributed by atoms with Gasteiger partial charge in [-0.1, -0.05) is 30.3 Å². The van der Waals surface area contributed by atoms with Gasteiger partial charge in [0.1, 0.15) is 12.4 Å². The van der Waals surface area contributed by atoms with Crippen LogP contribution in [0.1, 0.15) is 19.4 Å². The zero-order chi connectivity index (χ0) is 18.2. The molecule has 0 saturated heterocycles. The summed E-state index contributed by atoms with van der Waals surface area (Å²) in [6.45, 7) is 6.13. The molecule has 0 amide bonds. The Labute approximate surface area is 154 Å². The molecule has 3 aromatic rings. The van der Waals surface area contributed by atoms with E-state index in [-0.39, 0.29) is 6.10 Å². The standard InChI is InChI=1S/C22H25NO3/c1-17(2)26-22-10-4-3-9-21(22)25-14-12-23-16-18-7-5-8-19(15-18)20-11-6-13-24-20/h3-11,13,15,17,23H,12,14,16H2,1-2H3. The van der Waals surface area contributed by atoms with Crippen molar-refractivity contribution < 1.29 is 13.9 Å². The highest BCUT2D eigenvalue weighted by Crippen LogP contribution is 2.27. The van der Waals surface area contributed by atoms with Crippen molar-refractivity contribution in [3.63, 3.8) is 0 Å². The van der Waals surface area contributed by atoms with Gasteiger partial charge in [0, 0.05) is 18.7 Å². The van der Waals surface area contributed by atoms with Crippen molar-refractivity contribution in [2.75, 3.05) is 13.2 Å². The van der Waals surface area contributed by atoms with Gasteiger partial charge in [0.25, 0.3) is 0 Å². The van der Waals surface area contributed by atoms with Crippen LogP contribution in [-0.2, 0) is 6.54 Å². The summed E-state index contributed by atoms with van der Waals surface area (Å²) in [5, 5.41) is 3.41. The molecule has 0 radical (unpaired) electrons. The van der Waals surface area contributed by atoms with Gasteiger partial charge in [-0.15, -0.1) is 0 Å². The zero-order valence-corrected chi connectivity index (χ0v) is 15.3. The fourth-order valence-corrected chi connectivity index (χ4v) is 2.66. The quantitative estimate of drug-likeness (QED) is 0.557. The first kappa shape index (κ1) is 18.1. The lowest BCUT2D eigenvalue weighted by molar-refractivity contribution is 0.221. The lowest BCUT2D eigenvalue weighted by Crippen LogP contribution is -2.20. The Kier molecular flexibility index (Phi) is 6.34. The van der Waals surface area contributed by atoms with E-state index in [1.165, 1.54) is 5.56 Å². The van der Waals surface area contributed by atoms with Crippen LogP contribution in [0.3, 0.4) is 0 Å². The first-order valence-corrected chi connectivity index (χ1v) is 8.94. The van der Waals surface area contributed by atoms with Crippen LogP contribution in [0.5, 0.6) is 11.5 Å². The Morgan fingerprint density at radius 2 is 1.81 bits per heavy atom. The minimum absolute atomic E-state index is 0.124. The fourth-order valence-electron chi connectivity index (χ4n) is 2.66. The van der Waals surface area contributed by atoms with Crippen LogP contribution >= 0.6 is 0 Å². The lowest BCUT2D eigenvalue weighted by Gasteiger charge is -2.15. The van der Waals surface area contributed by atoms with Gasteiger partial charge in [-0.25, -0.2) is 0 Å². The van der Waals surface area contributed by atoms with E-state index in [2.05, 4.69) is 23.5 Å². The van der Waals surface area contributed by atoms with Crippen molar-refractivity contribution in [2.24, 2.45) is 0 Å². The van der Waals surface area contributed by atoms with Gasteiger partial charge in [0.05, 0.1) is 12.4 Å². The van der Waals surface area contributed by atoms with E-state index in [9.17, 15) is 0 Å². The minimum Gasteiger partial charge on any atom is -0.488 e. The molecule has 2 aromatic carbocycles. The molecule has 3 rings (SSSR count). The predicted octanol–water partition coefficient (Wildman–Crippen LogP) is 4.90. The molecule has 1 aromatic heterocycles. The first-order chi connectivity index (χ1) is 12.7. The Morgan fingerprint density at radius 3 is 2.58 bits per heavy atom. The molecule has 26 heavy (non-hydrogen) atoms. The third kappa shape index (κ3) is 5.14. The van der Waals surface area contributed by atoms with Crippen LogP contribution < -0.4 is 14.8 Å². The molecular weight excluding hydrogens is 326 g/mol. The molecule has 0 fully saturated rings. The summed E-state index contributed by atoms with van der Waals surface area (Å²) in [4.78, 5) is 0. The number of benzene rings is 2. The van der Waals surface area contributed by atoms with Gasteiger partial charge in [0.15, 0.2) is 11.5 Å². The average molecular weight is 351 g/mol. The molecule has 1 N–H and O–H groups in total. The Balaban J connectivity index is 1.46. The van der Waals surface area contributed by atoms with Gasteiger partial charge < -0.3 is 19.2 Å². The third-order valence-electron chi connectivity index (χ3n) is 3.81. The molecular formula is C22H25NO3. The molecule has 1 heterocycles. The highest BCUT2D eigenvalue weighted by Gasteiger charge is 2.06. The number of furan rings is 1. The van der Waals surface area contributed by atoms with Gasteiger partial charge in [-0.05, 0) is 49.7 Å². The van der Waals surface area contributed by atoms with Crippen molar-refractivity contribution in [1.82, 2.24) is 5.32 Å². The summed E-state index contributed by atoms with van der Waals surface area (Å²) in [5.74, 6) is 2.45. The SMILES string of the molecule is CC(C)Oc1ccccc1OCCNCc1cccc(-c2ccco2)c1. The second kappa shape index (κ2) is 9.11. The molecule has 0 bridgehead atoms. The van der Waals surface area contributed by atoms with E-state index >= 15 is 0 Å². The normalized spacial score (nSPS) is 10.9. The van der Waals surface area contributed by atoms with E-state index in [4.69, 9.17) is 13.9 Å². The van der Waals surface area contributed by atoms with E-state index in [0.717, 1.165) is 35.9 Å². The van der Waals surface area contributed by atoms with E-state index in [1.54, 1.807) is 6.26 Å². The van der Waals surface area contributed by atoms with E-state index in [1.807, 2.05) is 56.3 Å². The monoisotopic (exact) mass is 351 g/mol. The summed E-state index contributed by atoms with van der Waals surface area (Å²) in [6.07, 6.45) is 1.82. The van der Waals surface area contributed by atoms with E-state index < -0.39 is 0 Å². The van der Waals surface area contributed by atoms with Crippen LogP contribution in [0.25, 0.3) is 11.3 Å². The first-order valence-electron chi connectivity index (χ1n) is 8.94. The number of rotatable bonds is 9. The highest BCUT2D eigenvalue weighted by molar-refractivity contribution is 5.58. The highest BCUT2D eigenvalue weighted by atomic mass is 16.5. The molecule has 0 aliphatic heterocycles. The maximum Gasteiger partial charge on any atom is 0.161 e. The van der Waals surface area contributed by atoms with Crippen LogP contribution in [0.4, 0.5) is 0 Å². The number of hydrogen-bond donors (Lipinski definition) is 1. The number of hydrogen-bond acceptors (Lipinski definition) is 4. The summed E-state index contributed by atoms with van der Waals surface area (Å²) in [5.41, 5.74) is 2.30. The van der Waals surface area contributed by atoms with Gasteiger partial charge in [0.2, 0.25) is 0 Å². The molecule has 0 spiro atoms. The van der Waals surface area contributed by atoms with Gasteiger partial charge >= 0.3 is 0 Å². The molecule has 4 heteroatoms. The van der Waals surface area contributed by atoms with Crippen molar-refractivity contribution in [2.45, 2.75) is 26.5 Å². The number of ether oxygens (including phenoxy) is 2. The number of para-hydroxylation sites is 2. The Hall–Kier alpha value is -2.72. The maximum absolute atomic E-state index is 5.86. The predicted molar refractivity (Wildman–Crippen MR) is 104 cm³/mol.